The molecule has 8 nitrogen and oxygen atoms in total. The number of benzene rings is 1. The Labute approximate surface area is 140 Å². The maximum Gasteiger partial charge on any atom is 0.291 e. The summed E-state index contributed by atoms with van der Waals surface area (Å²) in [7, 11) is 1.76. The van der Waals surface area contributed by atoms with Crippen molar-refractivity contribution < 1.29 is 9.21 Å². The molecule has 2 aromatic rings. The van der Waals surface area contributed by atoms with Crippen molar-refractivity contribution in [3.63, 3.8) is 0 Å². The first-order chi connectivity index (χ1) is 11.6. The molecule has 1 aliphatic heterocycles. The molecular weight excluding hydrogens is 308 g/mol. The van der Waals surface area contributed by atoms with Crippen molar-refractivity contribution in [3.05, 3.63) is 41.8 Å². The summed E-state index contributed by atoms with van der Waals surface area (Å²) < 4.78 is 5.73. The van der Waals surface area contributed by atoms with Gasteiger partial charge in [-0.05, 0) is 19.1 Å². The first kappa shape index (κ1) is 16.6. The van der Waals surface area contributed by atoms with Crippen LogP contribution in [-0.2, 0) is 0 Å². The number of oxazole rings is 1. The van der Waals surface area contributed by atoms with Gasteiger partial charge in [0.05, 0.1) is 11.9 Å². The highest BCUT2D eigenvalue weighted by Gasteiger charge is 2.26. The molecule has 0 radical (unpaired) electrons. The van der Waals surface area contributed by atoms with E-state index in [4.69, 9.17) is 4.42 Å². The molecule has 0 spiro atoms. The molecule has 1 fully saturated rings. The van der Waals surface area contributed by atoms with E-state index in [1.807, 2.05) is 37.3 Å². The average molecular weight is 330 g/mol. The maximum atomic E-state index is 12.7. The molecule has 1 amide bonds. The quantitative estimate of drug-likeness (QED) is 0.644. The van der Waals surface area contributed by atoms with Crippen LogP contribution in [0.15, 0.2) is 34.7 Å². The summed E-state index contributed by atoms with van der Waals surface area (Å²) in [5.74, 6) is 0.754. The van der Waals surface area contributed by atoms with Crippen LogP contribution in [0.3, 0.4) is 0 Å². The van der Waals surface area contributed by atoms with Crippen molar-refractivity contribution in [2.24, 2.45) is 5.92 Å². The largest absolute Gasteiger partial charge is 0.431 e. The van der Waals surface area contributed by atoms with E-state index in [0.29, 0.717) is 18.1 Å². The second-order valence-corrected chi connectivity index (χ2v) is 5.98. The minimum absolute atomic E-state index is 0.0240. The Morgan fingerprint density at radius 2 is 1.96 bits per heavy atom. The molecule has 128 valence electrons. The Hall–Kier alpha value is -2.26. The van der Waals surface area contributed by atoms with Crippen LogP contribution in [0.25, 0.3) is 11.5 Å². The molecule has 1 aliphatic rings. The standard InChI is InChI=1S/C16H22N6O2/c1-10(14-18-20-21-19-14)9-22(3)16(23)13-11(2)17-15(24-13)12-7-5-4-6-8-12/h4-8,10,14,18-21H,9H2,1-3H3. The molecule has 4 N–H and O–H groups in total. The minimum atomic E-state index is -0.173. The summed E-state index contributed by atoms with van der Waals surface area (Å²) in [4.78, 5) is 18.7. The SMILES string of the molecule is Cc1nc(-c2ccccc2)oc1C(=O)N(C)CC(C)C1NNNN1. The number of aryl methyl sites for hydroxylation is 1. The van der Waals surface area contributed by atoms with Crippen LogP contribution in [0, 0.1) is 12.8 Å². The second kappa shape index (κ2) is 7.10. The second-order valence-electron chi connectivity index (χ2n) is 5.98. The first-order valence-electron chi connectivity index (χ1n) is 7.85. The predicted octanol–water partition coefficient (Wildman–Crippen LogP) is 0.801. The van der Waals surface area contributed by atoms with Gasteiger partial charge in [0.1, 0.15) is 0 Å². The fourth-order valence-electron chi connectivity index (χ4n) is 2.64. The molecule has 24 heavy (non-hydrogen) atoms. The molecule has 3 rings (SSSR count). The van der Waals surface area contributed by atoms with Gasteiger partial charge in [0.25, 0.3) is 5.91 Å². The van der Waals surface area contributed by atoms with Crippen LogP contribution in [0.5, 0.6) is 0 Å². The van der Waals surface area contributed by atoms with Gasteiger partial charge in [-0.15, -0.1) is 0 Å². The van der Waals surface area contributed by atoms with Crippen molar-refractivity contribution in [1.29, 1.82) is 0 Å². The Kier molecular flexibility index (Phi) is 4.91. The number of aromatic nitrogens is 1. The van der Waals surface area contributed by atoms with Gasteiger partial charge in [-0.25, -0.2) is 15.8 Å². The molecule has 1 saturated heterocycles. The molecule has 1 atom stereocenters. The third-order valence-corrected chi connectivity index (χ3v) is 4.01. The lowest BCUT2D eigenvalue weighted by molar-refractivity contribution is 0.0733. The Bertz CT molecular complexity index is 696. The third-order valence-electron chi connectivity index (χ3n) is 4.01. The molecule has 0 aliphatic carbocycles. The topological polar surface area (TPSA) is 94.5 Å². The summed E-state index contributed by atoms with van der Waals surface area (Å²) in [6.45, 7) is 4.40. The first-order valence-corrected chi connectivity index (χ1v) is 7.85. The van der Waals surface area contributed by atoms with Crippen LogP contribution in [-0.4, -0.2) is 35.5 Å². The van der Waals surface area contributed by atoms with E-state index in [0.717, 1.165) is 5.56 Å². The van der Waals surface area contributed by atoms with Crippen LogP contribution in [0.4, 0.5) is 0 Å². The maximum absolute atomic E-state index is 12.7. The van der Waals surface area contributed by atoms with E-state index >= 15 is 0 Å². The van der Waals surface area contributed by atoms with Gasteiger partial charge in [0, 0.05) is 25.1 Å². The van der Waals surface area contributed by atoms with Gasteiger partial charge < -0.3 is 9.32 Å². The smallest absolute Gasteiger partial charge is 0.291 e. The molecule has 0 bridgehead atoms. The molecule has 8 heteroatoms. The van der Waals surface area contributed by atoms with E-state index in [1.54, 1.807) is 18.9 Å². The monoisotopic (exact) mass is 330 g/mol. The lowest BCUT2D eigenvalue weighted by Gasteiger charge is -2.24. The van der Waals surface area contributed by atoms with Gasteiger partial charge in [0.15, 0.2) is 0 Å². The molecule has 2 heterocycles. The zero-order valence-electron chi connectivity index (χ0n) is 14.0. The van der Waals surface area contributed by atoms with E-state index in [9.17, 15) is 4.79 Å². The van der Waals surface area contributed by atoms with Crippen molar-refractivity contribution in [1.82, 2.24) is 31.8 Å². The van der Waals surface area contributed by atoms with Gasteiger partial charge in [-0.2, -0.15) is 11.1 Å². The molecule has 1 aromatic heterocycles. The number of carbonyl (C=O) groups excluding carboxylic acids is 1. The Morgan fingerprint density at radius 1 is 1.29 bits per heavy atom. The fourth-order valence-corrected chi connectivity index (χ4v) is 2.64. The van der Waals surface area contributed by atoms with Crippen molar-refractivity contribution >= 4 is 5.91 Å². The highest BCUT2D eigenvalue weighted by Crippen LogP contribution is 2.22. The zero-order valence-corrected chi connectivity index (χ0v) is 14.0. The third kappa shape index (κ3) is 3.46. The number of carbonyl (C=O) groups is 1. The van der Waals surface area contributed by atoms with Gasteiger partial charge in [-0.3, -0.25) is 4.79 Å². The number of nitrogens with one attached hydrogen (secondary N) is 4. The summed E-state index contributed by atoms with van der Waals surface area (Å²) in [6.07, 6.45) is 0.0240. The van der Waals surface area contributed by atoms with Crippen molar-refractivity contribution in [3.8, 4) is 11.5 Å². The van der Waals surface area contributed by atoms with Crippen LogP contribution in [0.2, 0.25) is 0 Å². The lowest BCUT2D eigenvalue weighted by atomic mass is 10.1. The normalized spacial score (nSPS) is 16.3. The number of hydrogen-bond acceptors (Lipinski definition) is 7. The van der Waals surface area contributed by atoms with E-state index < -0.39 is 0 Å². The highest BCUT2D eigenvalue weighted by molar-refractivity contribution is 5.92. The van der Waals surface area contributed by atoms with E-state index in [1.165, 1.54) is 0 Å². The lowest BCUT2D eigenvalue weighted by Crippen LogP contribution is -2.45. The number of hydrogen-bond donors (Lipinski definition) is 4. The summed E-state index contributed by atoms with van der Waals surface area (Å²) in [5, 5.41) is 0. The summed E-state index contributed by atoms with van der Waals surface area (Å²) >= 11 is 0. The molecule has 1 unspecified atom stereocenters. The predicted molar refractivity (Wildman–Crippen MR) is 89.1 cm³/mol. The van der Waals surface area contributed by atoms with Gasteiger partial charge in [0.2, 0.25) is 11.7 Å². The minimum Gasteiger partial charge on any atom is -0.431 e. The number of rotatable bonds is 5. The number of amides is 1. The van der Waals surface area contributed by atoms with E-state index in [2.05, 4.69) is 26.9 Å². The summed E-state index contributed by atoms with van der Waals surface area (Å²) in [5.41, 5.74) is 13.1. The van der Waals surface area contributed by atoms with Crippen molar-refractivity contribution in [2.45, 2.75) is 20.0 Å². The highest BCUT2D eigenvalue weighted by atomic mass is 16.4. The fraction of sp³-hybridized carbons (Fsp3) is 0.375. The molecule has 0 saturated carbocycles. The number of hydrazine groups is 3. The van der Waals surface area contributed by atoms with Crippen LogP contribution < -0.4 is 21.9 Å². The zero-order chi connectivity index (χ0) is 17.1. The summed E-state index contributed by atoms with van der Waals surface area (Å²) in [6, 6.07) is 9.56. The van der Waals surface area contributed by atoms with E-state index in [-0.39, 0.29) is 23.8 Å². The van der Waals surface area contributed by atoms with Gasteiger partial charge >= 0.3 is 0 Å². The Balaban J connectivity index is 1.71. The van der Waals surface area contributed by atoms with Gasteiger partial charge in [-0.1, -0.05) is 25.1 Å². The van der Waals surface area contributed by atoms with Crippen LogP contribution in [0.1, 0.15) is 23.2 Å². The molecule has 1 aromatic carbocycles. The Morgan fingerprint density at radius 3 is 2.62 bits per heavy atom. The number of nitrogens with zero attached hydrogens (tertiary/aromatic N) is 2. The molecular formula is C16H22N6O2. The average Bonchev–Trinajstić information content (AvgIpc) is 3.24. The van der Waals surface area contributed by atoms with Crippen LogP contribution >= 0.6 is 0 Å². The van der Waals surface area contributed by atoms with Crippen molar-refractivity contribution in [2.75, 3.05) is 13.6 Å².